The van der Waals surface area contributed by atoms with E-state index >= 15 is 0 Å². The fourth-order valence-electron chi connectivity index (χ4n) is 4.82. The van der Waals surface area contributed by atoms with Gasteiger partial charge < -0.3 is 15.0 Å². The Hall–Kier alpha value is -3.07. The summed E-state index contributed by atoms with van der Waals surface area (Å²) >= 11 is 0. The second-order valence-corrected chi connectivity index (χ2v) is 11.5. The van der Waals surface area contributed by atoms with Gasteiger partial charge in [-0.2, -0.15) is 0 Å². The van der Waals surface area contributed by atoms with E-state index in [9.17, 15) is 18.0 Å². The van der Waals surface area contributed by atoms with Crippen LogP contribution < -0.4 is 14.4 Å². The van der Waals surface area contributed by atoms with Gasteiger partial charge in [-0.05, 0) is 55.5 Å². The second-order valence-electron chi connectivity index (χ2n) is 9.56. The minimum Gasteiger partial charge on any atom is -0.497 e. The van der Waals surface area contributed by atoms with Crippen LogP contribution in [0.2, 0.25) is 0 Å². The zero-order valence-corrected chi connectivity index (χ0v) is 22.9. The summed E-state index contributed by atoms with van der Waals surface area (Å²) in [5, 5.41) is 3.15. The van der Waals surface area contributed by atoms with Gasteiger partial charge in [0.1, 0.15) is 11.8 Å². The summed E-state index contributed by atoms with van der Waals surface area (Å²) in [5.74, 6) is 0.348. The third-order valence-corrected chi connectivity index (χ3v) is 7.99. The molecule has 1 saturated carbocycles. The highest BCUT2D eigenvalue weighted by molar-refractivity contribution is 7.92. The van der Waals surface area contributed by atoms with E-state index in [0.717, 1.165) is 37.5 Å². The maximum absolute atomic E-state index is 13.5. The van der Waals surface area contributed by atoms with Crippen molar-refractivity contribution >= 4 is 27.5 Å². The van der Waals surface area contributed by atoms with Gasteiger partial charge >= 0.3 is 0 Å². The van der Waals surface area contributed by atoms with Crippen LogP contribution in [0.1, 0.15) is 57.4 Å². The van der Waals surface area contributed by atoms with Crippen molar-refractivity contribution in [2.45, 2.75) is 70.5 Å². The maximum atomic E-state index is 13.5. The normalized spacial score (nSPS) is 14.7. The van der Waals surface area contributed by atoms with Crippen molar-refractivity contribution in [1.82, 2.24) is 10.2 Å². The highest BCUT2D eigenvalue weighted by atomic mass is 32.2. The average molecular weight is 530 g/mol. The number of amides is 2. The lowest BCUT2D eigenvalue weighted by Gasteiger charge is -2.32. The monoisotopic (exact) mass is 529 g/mol. The lowest BCUT2D eigenvalue weighted by atomic mass is 10.1. The molecule has 2 amide bonds. The van der Waals surface area contributed by atoms with Crippen molar-refractivity contribution in [3.8, 4) is 5.75 Å². The van der Waals surface area contributed by atoms with Gasteiger partial charge in [0.05, 0.1) is 19.1 Å². The third-order valence-electron chi connectivity index (χ3n) is 6.80. The number of benzene rings is 2. The lowest BCUT2D eigenvalue weighted by molar-refractivity contribution is -0.141. The average Bonchev–Trinajstić information content (AvgIpc) is 3.39. The number of nitrogens with one attached hydrogen (secondary N) is 1. The molecule has 0 unspecified atom stereocenters. The fourth-order valence-corrected chi connectivity index (χ4v) is 5.78. The number of ether oxygens (including phenoxy) is 1. The number of methoxy groups -OCH3 is 1. The number of hydrogen-bond acceptors (Lipinski definition) is 5. The van der Waals surface area contributed by atoms with Crippen LogP contribution in [0.25, 0.3) is 0 Å². The molecule has 2 aromatic rings. The zero-order chi connectivity index (χ0) is 26.8. The van der Waals surface area contributed by atoms with E-state index in [1.807, 2.05) is 37.3 Å². The molecule has 9 heteroatoms. The summed E-state index contributed by atoms with van der Waals surface area (Å²) in [5.41, 5.74) is 1.46. The molecular formula is C28H39N3O5S. The van der Waals surface area contributed by atoms with Crippen LogP contribution in [0.3, 0.4) is 0 Å². The van der Waals surface area contributed by atoms with Gasteiger partial charge in [-0.3, -0.25) is 13.9 Å². The Kier molecular flexibility index (Phi) is 10.4. The highest BCUT2D eigenvalue weighted by Crippen LogP contribution is 2.23. The van der Waals surface area contributed by atoms with Crippen LogP contribution >= 0.6 is 0 Å². The number of hydrogen-bond donors (Lipinski definition) is 1. The van der Waals surface area contributed by atoms with E-state index in [1.54, 1.807) is 36.3 Å². The van der Waals surface area contributed by atoms with Crippen LogP contribution in [0, 0.1) is 0 Å². The third kappa shape index (κ3) is 8.21. The lowest BCUT2D eigenvalue weighted by Crippen LogP contribution is -2.51. The van der Waals surface area contributed by atoms with Crippen LogP contribution in [0.15, 0.2) is 54.6 Å². The molecule has 0 radical (unpaired) electrons. The summed E-state index contributed by atoms with van der Waals surface area (Å²) in [4.78, 5) is 28.4. The molecule has 0 saturated heterocycles. The van der Waals surface area contributed by atoms with Crippen molar-refractivity contribution in [3.05, 3.63) is 60.2 Å². The molecule has 0 bridgehead atoms. The van der Waals surface area contributed by atoms with Crippen molar-refractivity contribution in [3.63, 3.8) is 0 Å². The van der Waals surface area contributed by atoms with E-state index in [-0.39, 0.29) is 30.8 Å². The predicted molar refractivity (Wildman–Crippen MR) is 146 cm³/mol. The van der Waals surface area contributed by atoms with Crippen molar-refractivity contribution in [2.75, 3.05) is 24.2 Å². The molecule has 1 aliphatic rings. The minimum absolute atomic E-state index is 0.116. The first-order valence-corrected chi connectivity index (χ1v) is 14.8. The molecule has 0 spiro atoms. The van der Waals surface area contributed by atoms with E-state index in [1.165, 1.54) is 4.31 Å². The minimum atomic E-state index is -3.55. The molecule has 0 aromatic heterocycles. The highest BCUT2D eigenvalue weighted by Gasteiger charge is 2.30. The molecule has 3 rings (SSSR count). The number of anilines is 1. The first kappa shape index (κ1) is 28.5. The van der Waals surface area contributed by atoms with Gasteiger partial charge in [-0.25, -0.2) is 8.42 Å². The maximum Gasteiger partial charge on any atom is 0.243 e. The van der Waals surface area contributed by atoms with Gasteiger partial charge in [0, 0.05) is 25.6 Å². The van der Waals surface area contributed by atoms with Crippen molar-refractivity contribution in [2.24, 2.45) is 0 Å². The molecule has 2 aromatic carbocycles. The van der Waals surface area contributed by atoms with Crippen LogP contribution in [-0.2, 0) is 26.2 Å². The molecule has 8 nitrogen and oxygen atoms in total. The largest absolute Gasteiger partial charge is 0.497 e. The number of carbonyl (C=O) groups excluding carboxylic acids is 2. The molecule has 1 atom stereocenters. The molecular weight excluding hydrogens is 490 g/mol. The molecule has 1 N–H and O–H groups in total. The van der Waals surface area contributed by atoms with E-state index in [0.29, 0.717) is 30.8 Å². The summed E-state index contributed by atoms with van der Waals surface area (Å²) in [6.07, 6.45) is 6.27. The summed E-state index contributed by atoms with van der Waals surface area (Å²) in [6, 6.07) is 16.0. The van der Waals surface area contributed by atoms with Gasteiger partial charge in [-0.1, -0.05) is 50.1 Å². The van der Waals surface area contributed by atoms with Gasteiger partial charge in [0.2, 0.25) is 21.8 Å². The summed E-state index contributed by atoms with van der Waals surface area (Å²) < 4.78 is 31.4. The van der Waals surface area contributed by atoms with Crippen LogP contribution in [0.5, 0.6) is 5.75 Å². The Bertz CT molecular complexity index is 1120. The van der Waals surface area contributed by atoms with Crippen molar-refractivity contribution in [1.29, 1.82) is 0 Å². The SMILES string of the molecule is CC[C@@H](C(=O)NC1CCCC1)N(Cc1ccccc1)C(=O)CCCN(c1ccc(OC)cc1)S(C)(=O)=O. The van der Waals surface area contributed by atoms with E-state index in [4.69, 9.17) is 4.74 Å². The van der Waals surface area contributed by atoms with Gasteiger partial charge in [0.15, 0.2) is 0 Å². The molecule has 0 aliphatic heterocycles. The predicted octanol–water partition coefficient (Wildman–Crippen LogP) is 4.11. The van der Waals surface area contributed by atoms with Gasteiger partial charge in [0.25, 0.3) is 0 Å². The first-order valence-electron chi connectivity index (χ1n) is 13.0. The number of nitrogens with zero attached hydrogens (tertiary/aromatic N) is 2. The smallest absolute Gasteiger partial charge is 0.243 e. The number of carbonyl (C=O) groups is 2. The molecule has 1 aliphatic carbocycles. The molecule has 202 valence electrons. The van der Waals surface area contributed by atoms with E-state index < -0.39 is 16.1 Å². The van der Waals surface area contributed by atoms with Crippen molar-refractivity contribution < 1.29 is 22.7 Å². The topological polar surface area (TPSA) is 96.0 Å². The zero-order valence-electron chi connectivity index (χ0n) is 22.1. The van der Waals surface area contributed by atoms with E-state index in [2.05, 4.69) is 5.32 Å². The molecule has 1 fully saturated rings. The second kappa shape index (κ2) is 13.5. The standard InChI is InChI=1S/C28H39N3O5S/c1-4-26(28(33)29-23-13-8-9-14-23)30(21-22-11-6-5-7-12-22)27(32)15-10-20-31(37(3,34)35)24-16-18-25(36-2)19-17-24/h5-7,11-12,16-19,23,26H,4,8-10,13-15,20-21H2,1-3H3,(H,29,33)/t26-/m0/s1. The Balaban J connectivity index is 1.72. The van der Waals surface area contributed by atoms with Crippen LogP contribution in [0.4, 0.5) is 5.69 Å². The van der Waals surface area contributed by atoms with Gasteiger partial charge in [-0.15, -0.1) is 0 Å². The molecule has 37 heavy (non-hydrogen) atoms. The fraction of sp³-hybridized carbons (Fsp3) is 0.500. The number of rotatable bonds is 13. The Labute approximate surface area is 221 Å². The summed E-state index contributed by atoms with van der Waals surface area (Å²) in [7, 11) is -2.00. The molecule has 0 heterocycles. The Morgan fingerprint density at radius 2 is 1.70 bits per heavy atom. The first-order chi connectivity index (χ1) is 17.7. The number of sulfonamides is 1. The van der Waals surface area contributed by atoms with Crippen LogP contribution in [-0.4, -0.2) is 57.1 Å². The quantitative estimate of drug-likeness (QED) is 0.421. The Morgan fingerprint density at radius 3 is 2.27 bits per heavy atom. The summed E-state index contributed by atoms with van der Waals surface area (Å²) in [6.45, 7) is 2.39. The Morgan fingerprint density at radius 1 is 1.05 bits per heavy atom.